The number of carbonyl (C=O) groups excluding carboxylic acids is 3. The van der Waals surface area contributed by atoms with Crippen LogP contribution in [0.25, 0.3) is 0 Å². The largest absolute Gasteiger partial charge is 0.369 e. The molecule has 0 aliphatic carbocycles. The predicted molar refractivity (Wildman–Crippen MR) is 86.4 cm³/mol. The maximum atomic E-state index is 12.4. The lowest BCUT2D eigenvalue weighted by molar-refractivity contribution is -0.137. The Morgan fingerprint density at radius 3 is 2.26 bits per heavy atom. The van der Waals surface area contributed by atoms with Crippen LogP contribution >= 0.6 is 0 Å². The Morgan fingerprint density at radius 1 is 1.04 bits per heavy atom. The predicted octanol–water partition coefficient (Wildman–Crippen LogP) is -0.489. The third-order valence-electron chi connectivity index (χ3n) is 4.91. The molecule has 23 heavy (non-hydrogen) atoms. The molecule has 0 bridgehead atoms. The molecular formula is C16H28N4O3. The average Bonchev–Trinajstić information content (AvgIpc) is 2.54. The van der Waals surface area contributed by atoms with Crippen LogP contribution in [0, 0.1) is 11.8 Å². The molecule has 130 valence electrons. The molecule has 2 aliphatic heterocycles. The SMILES string of the molecule is CN(C)C(=O)C1CCN(CC(=O)N2CCCC(C(N)=O)C2)CC1. The minimum atomic E-state index is -0.314. The Balaban J connectivity index is 1.78. The molecule has 7 nitrogen and oxygen atoms in total. The summed E-state index contributed by atoms with van der Waals surface area (Å²) in [5, 5.41) is 0. The Kier molecular flexibility index (Phi) is 5.98. The summed E-state index contributed by atoms with van der Waals surface area (Å²) in [7, 11) is 3.56. The Morgan fingerprint density at radius 2 is 1.70 bits per heavy atom. The van der Waals surface area contributed by atoms with Gasteiger partial charge in [-0.05, 0) is 38.8 Å². The van der Waals surface area contributed by atoms with Crippen LogP contribution in [0.5, 0.6) is 0 Å². The summed E-state index contributed by atoms with van der Waals surface area (Å²) >= 11 is 0. The van der Waals surface area contributed by atoms with Crippen molar-refractivity contribution in [2.24, 2.45) is 17.6 Å². The first-order valence-electron chi connectivity index (χ1n) is 8.39. The number of carbonyl (C=O) groups is 3. The fourth-order valence-corrected chi connectivity index (χ4v) is 3.43. The fourth-order valence-electron chi connectivity index (χ4n) is 3.43. The van der Waals surface area contributed by atoms with Crippen molar-refractivity contribution in [1.29, 1.82) is 0 Å². The van der Waals surface area contributed by atoms with E-state index in [1.807, 2.05) is 0 Å². The van der Waals surface area contributed by atoms with Gasteiger partial charge in [0.25, 0.3) is 0 Å². The van der Waals surface area contributed by atoms with E-state index in [1.54, 1.807) is 23.9 Å². The summed E-state index contributed by atoms with van der Waals surface area (Å²) in [6.45, 7) is 3.06. The van der Waals surface area contributed by atoms with Crippen molar-refractivity contribution in [3.63, 3.8) is 0 Å². The molecule has 0 aromatic heterocycles. The van der Waals surface area contributed by atoms with Crippen LogP contribution in [-0.4, -0.2) is 79.2 Å². The van der Waals surface area contributed by atoms with Gasteiger partial charge in [-0.1, -0.05) is 0 Å². The van der Waals surface area contributed by atoms with Gasteiger partial charge in [-0.15, -0.1) is 0 Å². The molecule has 2 saturated heterocycles. The molecule has 0 spiro atoms. The highest BCUT2D eigenvalue weighted by Gasteiger charge is 2.30. The lowest BCUT2D eigenvalue weighted by atomic mass is 9.95. The molecule has 2 fully saturated rings. The highest BCUT2D eigenvalue weighted by molar-refractivity contribution is 5.81. The normalized spacial score (nSPS) is 23.6. The lowest BCUT2D eigenvalue weighted by Crippen LogP contribution is -2.49. The van der Waals surface area contributed by atoms with Gasteiger partial charge in [0.05, 0.1) is 12.5 Å². The van der Waals surface area contributed by atoms with Crippen molar-refractivity contribution in [2.45, 2.75) is 25.7 Å². The van der Waals surface area contributed by atoms with E-state index < -0.39 is 0 Å². The highest BCUT2D eigenvalue weighted by atomic mass is 16.2. The quantitative estimate of drug-likeness (QED) is 0.756. The van der Waals surface area contributed by atoms with Crippen LogP contribution in [0.4, 0.5) is 0 Å². The van der Waals surface area contributed by atoms with Gasteiger partial charge >= 0.3 is 0 Å². The van der Waals surface area contributed by atoms with E-state index in [-0.39, 0.29) is 29.6 Å². The van der Waals surface area contributed by atoms with Crippen molar-refractivity contribution in [3.05, 3.63) is 0 Å². The Bertz CT molecular complexity index is 458. The molecule has 1 atom stereocenters. The zero-order valence-corrected chi connectivity index (χ0v) is 14.2. The van der Waals surface area contributed by atoms with Crippen LogP contribution in [0.3, 0.4) is 0 Å². The van der Waals surface area contributed by atoms with Gasteiger partial charge in [0.2, 0.25) is 17.7 Å². The Hall–Kier alpha value is -1.63. The number of hydrogen-bond acceptors (Lipinski definition) is 4. The van der Waals surface area contributed by atoms with E-state index in [9.17, 15) is 14.4 Å². The monoisotopic (exact) mass is 324 g/mol. The van der Waals surface area contributed by atoms with Gasteiger partial charge < -0.3 is 15.5 Å². The standard InChI is InChI=1S/C16H28N4O3/c1-18(2)16(23)12-5-8-19(9-6-12)11-14(21)20-7-3-4-13(10-20)15(17)22/h12-13H,3-11H2,1-2H3,(H2,17,22). The van der Waals surface area contributed by atoms with Gasteiger partial charge in [0.15, 0.2) is 0 Å². The van der Waals surface area contributed by atoms with Crippen LogP contribution in [0.1, 0.15) is 25.7 Å². The second-order valence-corrected chi connectivity index (χ2v) is 6.86. The molecule has 2 N–H and O–H groups in total. The summed E-state index contributed by atoms with van der Waals surface area (Å²) < 4.78 is 0. The molecule has 7 heteroatoms. The van der Waals surface area contributed by atoms with Crippen molar-refractivity contribution >= 4 is 17.7 Å². The number of rotatable bonds is 4. The molecule has 0 saturated carbocycles. The zero-order valence-electron chi connectivity index (χ0n) is 14.2. The summed E-state index contributed by atoms with van der Waals surface area (Å²) in [4.78, 5) is 41.2. The number of likely N-dealkylation sites (tertiary alicyclic amines) is 2. The third kappa shape index (κ3) is 4.67. The second kappa shape index (κ2) is 7.77. The van der Waals surface area contributed by atoms with E-state index in [0.29, 0.717) is 19.6 Å². The molecular weight excluding hydrogens is 296 g/mol. The van der Waals surface area contributed by atoms with Crippen molar-refractivity contribution in [3.8, 4) is 0 Å². The van der Waals surface area contributed by atoms with Crippen LogP contribution in [0.2, 0.25) is 0 Å². The van der Waals surface area contributed by atoms with Crippen LogP contribution in [0.15, 0.2) is 0 Å². The molecule has 3 amide bonds. The van der Waals surface area contributed by atoms with E-state index in [2.05, 4.69) is 4.90 Å². The molecule has 0 radical (unpaired) electrons. The van der Waals surface area contributed by atoms with Gasteiger partial charge in [0, 0.05) is 33.1 Å². The first-order valence-corrected chi connectivity index (χ1v) is 8.39. The minimum absolute atomic E-state index is 0.0633. The van der Waals surface area contributed by atoms with E-state index in [4.69, 9.17) is 5.73 Å². The molecule has 0 aromatic carbocycles. The third-order valence-corrected chi connectivity index (χ3v) is 4.91. The highest BCUT2D eigenvalue weighted by Crippen LogP contribution is 2.20. The summed E-state index contributed by atoms with van der Waals surface area (Å²) in [6, 6.07) is 0. The minimum Gasteiger partial charge on any atom is -0.369 e. The van der Waals surface area contributed by atoms with E-state index >= 15 is 0 Å². The first-order chi connectivity index (χ1) is 10.9. The van der Waals surface area contributed by atoms with Crippen molar-refractivity contribution < 1.29 is 14.4 Å². The van der Waals surface area contributed by atoms with Gasteiger partial charge in [-0.3, -0.25) is 19.3 Å². The zero-order chi connectivity index (χ0) is 17.0. The summed E-state index contributed by atoms with van der Waals surface area (Å²) in [5.41, 5.74) is 5.36. The Labute approximate surface area is 137 Å². The van der Waals surface area contributed by atoms with E-state index in [1.165, 1.54) is 0 Å². The number of amides is 3. The maximum Gasteiger partial charge on any atom is 0.236 e. The number of hydrogen-bond donors (Lipinski definition) is 1. The second-order valence-electron chi connectivity index (χ2n) is 6.86. The fraction of sp³-hybridized carbons (Fsp3) is 0.812. The summed E-state index contributed by atoms with van der Waals surface area (Å²) in [5.74, 6) is -0.211. The number of primary amides is 1. The number of piperidine rings is 2. The van der Waals surface area contributed by atoms with Gasteiger partial charge in [-0.2, -0.15) is 0 Å². The number of nitrogens with zero attached hydrogens (tertiary/aromatic N) is 3. The van der Waals surface area contributed by atoms with Crippen molar-refractivity contribution in [2.75, 3.05) is 46.8 Å². The molecule has 2 heterocycles. The van der Waals surface area contributed by atoms with Gasteiger partial charge in [-0.25, -0.2) is 0 Å². The average molecular weight is 324 g/mol. The summed E-state index contributed by atoms with van der Waals surface area (Å²) in [6.07, 6.45) is 3.21. The molecule has 2 rings (SSSR count). The van der Waals surface area contributed by atoms with Crippen LogP contribution in [-0.2, 0) is 14.4 Å². The smallest absolute Gasteiger partial charge is 0.236 e. The van der Waals surface area contributed by atoms with Gasteiger partial charge in [0.1, 0.15) is 0 Å². The first kappa shape index (κ1) is 17.7. The maximum absolute atomic E-state index is 12.4. The molecule has 1 unspecified atom stereocenters. The van der Waals surface area contributed by atoms with Crippen molar-refractivity contribution in [1.82, 2.24) is 14.7 Å². The number of nitrogens with two attached hydrogens (primary N) is 1. The van der Waals surface area contributed by atoms with Crippen LogP contribution < -0.4 is 5.73 Å². The molecule has 2 aliphatic rings. The topological polar surface area (TPSA) is 87.0 Å². The van der Waals surface area contributed by atoms with E-state index in [0.717, 1.165) is 38.8 Å². The molecule has 0 aromatic rings. The lowest BCUT2D eigenvalue weighted by Gasteiger charge is -2.35.